The summed E-state index contributed by atoms with van der Waals surface area (Å²) >= 11 is 0. The number of amides is 2. The van der Waals surface area contributed by atoms with Crippen LogP contribution >= 0.6 is 0 Å². The van der Waals surface area contributed by atoms with Gasteiger partial charge in [0.1, 0.15) is 12.4 Å². The lowest BCUT2D eigenvalue weighted by molar-refractivity contribution is 0.0930. The van der Waals surface area contributed by atoms with Crippen molar-refractivity contribution in [1.82, 2.24) is 5.32 Å². The van der Waals surface area contributed by atoms with E-state index in [2.05, 4.69) is 10.6 Å². The largest absolute Gasteiger partial charge is 0.467 e. The third-order valence-electron chi connectivity index (χ3n) is 4.00. The highest BCUT2D eigenvalue weighted by molar-refractivity contribution is 5.89. The summed E-state index contributed by atoms with van der Waals surface area (Å²) in [6.07, 6.45) is 6.19. The van der Waals surface area contributed by atoms with Gasteiger partial charge < -0.3 is 24.9 Å². The van der Waals surface area contributed by atoms with E-state index in [4.69, 9.17) is 14.3 Å². The maximum atomic E-state index is 12.1. The number of aliphatic hydroxyl groups is 1. The Bertz CT molecular complexity index is 712. The van der Waals surface area contributed by atoms with Crippen molar-refractivity contribution < 1.29 is 19.1 Å². The van der Waals surface area contributed by atoms with Crippen molar-refractivity contribution >= 4 is 11.7 Å². The van der Waals surface area contributed by atoms with Gasteiger partial charge in [-0.25, -0.2) is 4.79 Å². The molecule has 0 bridgehead atoms. The maximum Gasteiger partial charge on any atom is 0.319 e. The smallest absolute Gasteiger partial charge is 0.319 e. The summed E-state index contributed by atoms with van der Waals surface area (Å²) in [5, 5.41) is 14.8. The molecule has 2 amide bonds. The first-order valence-electron chi connectivity index (χ1n) is 8.28. The molecule has 25 heavy (non-hydrogen) atoms. The molecule has 0 spiro atoms. The van der Waals surface area contributed by atoms with E-state index in [1.54, 1.807) is 6.26 Å². The fourth-order valence-electron chi connectivity index (χ4n) is 2.76. The van der Waals surface area contributed by atoms with Gasteiger partial charge in [-0.2, -0.15) is 0 Å². The van der Waals surface area contributed by atoms with E-state index in [9.17, 15) is 4.79 Å². The molecule has 0 aliphatic heterocycles. The minimum atomic E-state index is -0.262. The van der Waals surface area contributed by atoms with Crippen LogP contribution in [0.15, 0.2) is 59.2 Å². The standard InChI is InChI=1S/C19H22N2O4/c22-11-14-6-7-17(9-14)21-19(23)20-16-4-1-3-15(10-16)12-24-13-18-5-2-8-25-18/h1-8,10,14,17,22H,9,11-13H2,(H2,20,21,23)/t14-,17+/m0/s1. The van der Waals surface area contributed by atoms with Gasteiger partial charge in [-0.3, -0.25) is 0 Å². The summed E-state index contributed by atoms with van der Waals surface area (Å²) < 4.78 is 10.8. The van der Waals surface area contributed by atoms with Gasteiger partial charge in [-0.1, -0.05) is 24.3 Å². The first-order chi connectivity index (χ1) is 12.2. The number of carbonyl (C=O) groups is 1. The number of hydrogen-bond acceptors (Lipinski definition) is 4. The first kappa shape index (κ1) is 17.3. The minimum Gasteiger partial charge on any atom is -0.467 e. The average Bonchev–Trinajstić information content (AvgIpc) is 3.27. The van der Waals surface area contributed by atoms with Crippen molar-refractivity contribution in [3.63, 3.8) is 0 Å². The van der Waals surface area contributed by atoms with E-state index in [0.29, 0.717) is 18.9 Å². The van der Waals surface area contributed by atoms with Gasteiger partial charge in [0, 0.05) is 24.3 Å². The number of ether oxygens (including phenoxy) is 1. The maximum absolute atomic E-state index is 12.1. The van der Waals surface area contributed by atoms with Crippen molar-refractivity contribution in [2.45, 2.75) is 25.7 Å². The Morgan fingerprint density at radius 2 is 2.16 bits per heavy atom. The SMILES string of the molecule is O=C(Nc1cccc(COCc2ccco2)c1)N[C@@H]1C=C[C@H](CO)C1. The Kier molecular flexibility index (Phi) is 5.87. The second-order valence-electron chi connectivity index (χ2n) is 6.04. The molecule has 6 heteroatoms. The van der Waals surface area contributed by atoms with Crippen molar-refractivity contribution in [3.8, 4) is 0 Å². The summed E-state index contributed by atoms with van der Waals surface area (Å²) in [6.45, 7) is 0.947. The van der Waals surface area contributed by atoms with Gasteiger partial charge in [0.05, 0.1) is 12.9 Å². The summed E-state index contributed by atoms with van der Waals surface area (Å²) in [5.74, 6) is 0.902. The second-order valence-corrected chi connectivity index (χ2v) is 6.04. The highest BCUT2D eigenvalue weighted by Gasteiger charge is 2.19. The number of hydrogen-bond donors (Lipinski definition) is 3. The first-order valence-corrected chi connectivity index (χ1v) is 8.28. The molecule has 0 unspecified atom stereocenters. The highest BCUT2D eigenvalue weighted by Crippen LogP contribution is 2.17. The number of furan rings is 1. The molecule has 0 radical (unpaired) electrons. The monoisotopic (exact) mass is 342 g/mol. The van der Waals surface area contributed by atoms with Crippen LogP contribution in [0.2, 0.25) is 0 Å². The molecular weight excluding hydrogens is 320 g/mol. The summed E-state index contributed by atoms with van der Waals surface area (Å²) in [6, 6.07) is 10.9. The zero-order valence-corrected chi connectivity index (χ0v) is 13.9. The second kappa shape index (κ2) is 8.50. The summed E-state index contributed by atoms with van der Waals surface area (Å²) in [4.78, 5) is 12.1. The van der Waals surface area contributed by atoms with Crippen LogP contribution in [0.25, 0.3) is 0 Å². The molecule has 2 atom stereocenters. The fourth-order valence-corrected chi connectivity index (χ4v) is 2.76. The van der Waals surface area contributed by atoms with E-state index in [-0.39, 0.29) is 24.6 Å². The quantitative estimate of drug-likeness (QED) is 0.675. The van der Waals surface area contributed by atoms with Crippen LogP contribution in [-0.4, -0.2) is 23.8 Å². The number of anilines is 1. The number of rotatable bonds is 7. The van der Waals surface area contributed by atoms with Crippen molar-refractivity contribution in [3.05, 3.63) is 66.1 Å². The number of nitrogens with one attached hydrogen (secondary N) is 2. The molecule has 0 saturated heterocycles. The average molecular weight is 342 g/mol. The molecule has 1 aromatic carbocycles. The number of benzene rings is 1. The predicted molar refractivity (Wildman–Crippen MR) is 93.9 cm³/mol. The van der Waals surface area contributed by atoms with E-state index in [1.807, 2.05) is 48.6 Å². The Labute approximate surface area is 146 Å². The van der Waals surface area contributed by atoms with Crippen LogP contribution in [0.3, 0.4) is 0 Å². The molecule has 3 rings (SSSR count). The Hall–Kier alpha value is -2.57. The van der Waals surface area contributed by atoms with Crippen molar-refractivity contribution in [1.29, 1.82) is 0 Å². The molecule has 6 nitrogen and oxygen atoms in total. The number of carbonyl (C=O) groups excluding carboxylic acids is 1. The predicted octanol–water partition coefficient (Wildman–Crippen LogP) is 3.05. The van der Waals surface area contributed by atoms with Gasteiger partial charge in [0.25, 0.3) is 0 Å². The van der Waals surface area contributed by atoms with Gasteiger partial charge in [0.2, 0.25) is 0 Å². The molecule has 1 aliphatic rings. The molecule has 3 N–H and O–H groups in total. The lowest BCUT2D eigenvalue weighted by atomic mass is 10.1. The number of urea groups is 1. The van der Waals surface area contributed by atoms with Gasteiger partial charge in [-0.05, 0) is 36.2 Å². The lowest BCUT2D eigenvalue weighted by Gasteiger charge is -2.14. The lowest BCUT2D eigenvalue weighted by Crippen LogP contribution is -2.36. The molecular formula is C19H22N2O4. The molecule has 2 aromatic rings. The molecule has 1 heterocycles. The van der Waals surface area contributed by atoms with E-state index in [1.165, 1.54) is 0 Å². The van der Waals surface area contributed by atoms with Crippen molar-refractivity contribution in [2.75, 3.05) is 11.9 Å². The minimum absolute atomic E-state index is 0.0445. The highest BCUT2D eigenvalue weighted by atomic mass is 16.5. The normalized spacial score (nSPS) is 19.1. The van der Waals surface area contributed by atoms with E-state index < -0.39 is 0 Å². The molecule has 1 aliphatic carbocycles. The van der Waals surface area contributed by atoms with Crippen LogP contribution in [0.1, 0.15) is 17.7 Å². The number of aliphatic hydroxyl groups excluding tert-OH is 1. The third kappa shape index (κ3) is 5.20. The van der Waals surface area contributed by atoms with E-state index in [0.717, 1.165) is 17.7 Å². The molecule has 132 valence electrons. The molecule has 1 aromatic heterocycles. The van der Waals surface area contributed by atoms with Gasteiger partial charge >= 0.3 is 6.03 Å². The Morgan fingerprint density at radius 3 is 2.92 bits per heavy atom. The summed E-state index contributed by atoms with van der Waals surface area (Å²) in [5.41, 5.74) is 1.67. The Balaban J connectivity index is 1.46. The third-order valence-corrected chi connectivity index (χ3v) is 4.00. The van der Waals surface area contributed by atoms with Crippen LogP contribution < -0.4 is 10.6 Å². The Morgan fingerprint density at radius 1 is 1.24 bits per heavy atom. The zero-order valence-electron chi connectivity index (χ0n) is 13.9. The summed E-state index contributed by atoms with van der Waals surface area (Å²) in [7, 11) is 0. The fraction of sp³-hybridized carbons (Fsp3) is 0.316. The molecule has 0 fully saturated rings. The van der Waals surface area contributed by atoms with Gasteiger partial charge in [0.15, 0.2) is 0 Å². The van der Waals surface area contributed by atoms with E-state index >= 15 is 0 Å². The van der Waals surface area contributed by atoms with Crippen LogP contribution in [0.4, 0.5) is 10.5 Å². The molecule has 0 saturated carbocycles. The van der Waals surface area contributed by atoms with Crippen LogP contribution in [-0.2, 0) is 18.0 Å². The topological polar surface area (TPSA) is 83.7 Å². The van der Waals surface area contributed by atoms with Crippen LogP contribution in [0, 0.1) is 5.92 Å². The van der Waals surface area contributed by atoms with Crippen LogP contribution in [0.5, 0.6) is 0 Å². The zero-order chi connectivity index (χ0) is 17.5. The van der Waals surface area contributed by atoms with Crippen molar-refractivity contribution in [2.24, 2.45) is 5.92 Å². The van der Waals surface area contributed by atoms with Gasteiger partial charge in [-0.15, -0.1) is 0 Å².